The van der Waals surface area contributed by atoms with Crippen LogP contribution in [-0.2, 0) is 9.53 Å². The highest BCUT2D eigenvalue weighted by molar-refractivity contribution is 7.80. The predicted molar refractivity (Wildman–Crippen MR) is 70.9 cm³/mol. The van der Waals surface area contributed by atoms with Crippen molar-refractivity contribution in [3.05, 3.63) is 0 Å². The quantitative estimate of drug-likeness (QED) is 0.542. The summed E-state index contributed by atoms with van der Waals surface area (Å²) in [6.45, 7) is 5.86. The van der Waals surface area contributed by atoms with Crippen LogP contribution in [0.4, 0.5) is 0 Å². The normalized spacial score (nSPS) is 15.5. The first kappa shape index (κ1) is 14.2. The number of rotatable bonds is 5. The van der Waals surface area contributed by atoms with Crippen molar-refractivity contribution in [1.82, 2.24) is 15.5 Å². The zero-order valence-electron chi connectivity index (χ0n) is 10.3. The van der Waals surface area contributed by atoms with E-state index in [4.69, 9.17) is 17.0 Å². The Balaban J connectivity index is 2.11. The molecule has 0 aromatic heterocycles. The Morgan fingerprint density at radius 2 is 2.06 bits per heavy atom. The summed E-state index contributed by atoms with van der Waals surface area (Å²) in [5, 5.41) is 6.55. The first-order valence-corrected chi connectivity index (χ1v) is 6.52. The lowest BCUT2D eigenvalue weighted by molar-refractivity contribution is -0.133. The number of carbonyl (C=O) groups is 1. The summed E-state index contributed by atoms with van der Waals surface area (Å²) >= 11 is 5.07. The van der Waals surface area contributed by atoms with E-state index in [0.717, 1.165) is 19.4 Å². The van der Waals surface area contributed by atoms with Crippen molar-refractivity contribution >= 4 is 23.2 Å². The summed E-state index contributed by atoms with van der Waals surface area (Å²) in [5.41, 5.74) is 0. The van der Waals surface area contributed by atoms with E-state index in [2.05, 4.69) is 17.6 Å². The number of nitrogens with zero attached hydrogens (tertiary/aromatic N) is 1. The van der Waals surface area contributed by atoms with Crippen LogP contribution in [0.1, 0.15) is 19.8 Å². The van der Waals surface area contributed by atoms with E-state index in [0.29, 0.717) is 31.4 Å². The van der Waals surface area contributed by atoms with Gasteiger partial charge in [0.1, 0.15) is 0 Å². The molecule has 0 unspecified atom stereocenters. The van der Waals surface area contributed by atoms with Gasteiger partial charge in [0.2, 0.25) is 5.91 Å². The van der Waals surface area contributed by atoms with Crippen LogP contribution in [0.15, 0.2) is 0 Å². The van der Waals surface area contributed by atoms with Crippen LogP contribution in [0.2, 0.25) is 0 Å². The molecule has 6 heteroatoms. The van der Waals surface area contributed by atoms with Crippen LogP contribution in [-0.4, -0.2) is 55.3 Å². The SMILES string of the molecule is CCCCNC(=S)NCC(=O)N1CCOCC1. The second-order valence-electron chi connectivity index (χ2n) is 3.96. The number of nitrogens with one attached hydrogen (secondary N) is 2. The molecule has 17 heavy (non-hydrogen) atoms. The van der Waals surface area contributed by atoms with Crippen molar-refractivity contribution in [1.29, 1.82) is 0 Å². The van der Waals surface area contributed by atoms with E-state index in [-0.39, 0.29) is 12.5 Å². The molecule has 0 aromatic rings. The second-order valence-corrected chi connectivity index (χ2v) is 4.36. The van der Waals surface area contributed by atoms with Gasteiger partial charge < -0.3 is 20.3 Å². The Bertz CT molecular complexity index is 255. The fourth-order valence-corrected chi connectivity index (χ4v) is 1.70. The third kappa shape index (κ3) is 5.83. The van der Waals surface area contributed by atoms with Crippen molar-refractivity contribution in [2.75, 3.05) is 39.4 Å². The number of morpholine rings is 1. The molecular weight excluding hydrogens is 238 g/mol. The lowest BCUT2D eigenvalue weighted by Crippen LogP contribution is -2.47. The van der Waals surface area contributed by atoms with Crippen LogP contribution >= 0.6 is 12.2 Å². The van der Waals surface area contributed by atoms with Crippen LogP contribution in [0.5, 0.6) is 0 Å². The fourth-order valence-electron chi connectivity index (χ4n) is 1.52. The van der Waals surface area contributed by atoms with Gasteiger partial charge in [0, 0.05) is 19.6 Å². The number of hydrogen-bond donors (Lipinski definition) is 2. The summed E-state index contributed by atoms with van der Waals surface area (Å²) in [5.74, 6) is 0.0768. The molecule has 98 valence electrons. The van der Waals surface area contributed by atoms with Gasteiger partial charge in [-0.25, -0.2) is 0 Å². The third-order valence-corrected chi connectivity index (χ3v) is 2.87. The van der Waals surface area contributed by atoms with Crippen molar-refractivity contribution in [2.24, 2.45) is 0 Å². The van der Waals surface area contributed by atoms with E-state index in [9.17, 15) is 4.79 Å². The number of thiocarbonyl (C=S) groups is 1. The highest BCUT2D eigenvalue weighted by atomic mass is 32.1. The van der Waals surface area contributed by atoms with E-state index in [1.54, 1.807) is 4.90 Å². The van der Waals surface area contributed by atoms with Gasteiger partial charge in [0.15, 0.2) is 5.11 Å². The van der Waals surface area contributed by atoms with Gasteiger partial charge in [0.25, 0.3) is 0 Å². The summed E-state index contributed by atoms with van der Waals surface area (Å²) in [6, 6.07) is 0. The zero-order chi connectivity index (χ0) is 12.5. The van der Waals surface area contributed by atoms with Crippen LogP contribution in [0.3, 0.4) is 0 Å². The smallest absolute Gasteiger partial charge is 0.242 e. The molecule has 1 aliphatic rings. The van der Waals surface area contributed by atoms with Gasteiger partial charge in [-0.2, -0.15) is 0 Å². The monoisotopic (exact) mass is 259 g/mol. The van der Waals surface area contributed by atoms with Crippen LogP contribution in [0, 0.1) is 0 Å². The molecule has 1 heterocycles. The molecule has 5 nitrogen and oxygen atoms in total. The first-order valence-electron chi connectivity index (χ1n) is 6.11. The Labute approximate surface area is 108 Å². The molecule has 1 rings (SSSR count). The van der Waals surface area contributed by atoms with Gasteiger partial charge in [-0.05, 0) is 18.6 Å². The zero-order valence-corrected chi connectivity index (χ0v) is 11.1. The van der Waals surface area contributed by atoms with Crippen molar-refractivity contribution in [2.45, 2.75) is 19.8 Å². The molecule has 0 spiro atoms. The standard InChI is InChI=1S/C11H21N3O2S/c1-2-3-4-12-11(17)13-9-10(15)14-5-7-16-8-6-14/h2-9H2,1H3,(H2,12,13,17). The lowest BCUT2D eigenvalue weighted by atomic mass is 10.3. The minimum atomic E-state index is 0.0768. The fraction of sp³-hybridized carbons (Fsp3) is 0.818. The number of carbonyl (C=O) groups excluding carboxylic acids is 1. The number of amides is 1. The summed E-state index contributed by atoms with van der Waals surface area (Å²) in [7, 11) is 0. The Morgan fingerprint density at radius 1 is 1.35 bits per heavy atom. The summed E-state index contributed by atoms with van der Waals surface area (Å²) in [6.07, 6.45) is 2.21. The second kappa shape index (κ2) is 8.25. The van der Waals surface area contributed by atoms with Gasteiger partial charge in [0.05, 0.1) is 19.8 Å². The first-order chi connectivity index (χ1) is 8.24. The highest BCUT2D eigenvalue weighted by Crippen LogP contribution is 1.96. The molecule has 1 amide bonds. The average molecular weight is 259 g/mol. The molecule has 0 aliphatic carbocycles. The molecule has 0 saturated carbocycles. The van der Waals surface area contributed by atoms with Gasteiger partial charge in [-0.3, -0.25) is 4.79 Å². The maximum Gasteiger partial charge on any atom is 0.242 e. The Hall–Kier alpha value is -0.880. The number of ether oxygens (including phenoxy) is 1. The highest BCUT2D eigenvalue weighted by Gasteiger charge is 2.16. The molecule has 0 atom stereocenters. The van der Waals surface area contributed by atoms with Crippen molar-refractivity contribution in [3.63, 3.8) is 0 Å². The van der Waals surface area contributed by atoms with E-state index < -0.39 is 0 Å². The predicted octanol–water partition coefficient (Wildman–Crippen LogP) is 0.109. The van der Waals surface area contributed by atoms with Crippen molar-refractivity contribution < 1.29 is 9.53 Å². The van der Waals surface area contributed by atoms with E-state index in [1.807, 2.05) is 0 Å². The van der Waals surface area contributed by atoms with Crippen LogP contribution in [0.25, 0.3) is 0 Å². The van der Waals surface area contributed by atoms with Crippen molar-refractivity contribution in [3.8, 4) is 0 Å². The lowest BCUT2D eigenvalue weighted by Gasteiger charge is -2.27. The minimum absolute atomic E-state index is 0.0768. The molecule has 1 aliphatic heterocycles. The molecule has 1 fully saturated rings. The molecule has 0 aromatic carbocycles. The largest absolute Gasteiger partial charge is 0.378 e. The number of unbranched alkanes of at least 4 members (excludes halogenated alkanes) is 1. The average Bonchev–Trinajstić information content (AvgIpc) is 2.37. The molecule has 1 saturated heterocycles. The molecular formula is C11H21N3O2S. The summed E-state index contributed by atoms with van der Waals surface area (Å²) in [4.78, 5) is 13.5. The minimum Gasteiger partial charge on any atom is -0.378 e. The third-order valence-electron chi connectivity index (χ3n) is 2.58. The number of hydrogen-bond acceptors (Lipinski definition) is 3. The van der Waals surface area contributed by atoms with E-state index in [1.165, 1.54) is 0 Å². The topological polar surface area (TPSA) is 53.6 Å². The van der Waals surface area contributed by atoms with Gasteiger partial charge in [-0.15, -0.1) is 0 Å². The maximum absolute atomic E-state index is 11.8. The molecule has 0 radical (unpaired) electrons. The van der Waals surface area contributed by atoms with Gasteiger partial charge >= 0.3 is 0 Å². The summed E-state index contributed by atoms with van der Waals surface area (Å²) < 4.78 is 5.19. The maximum atomic E-state index is 11.8. The van der Waals surface area contributed by atoms with Crippen LogP contribution < -0.4 is 10.6 Å². The van der Waals surface area contributed by atoms with E-state index >= 15 is 0 Å². The van der Waals surface area contributed by atoms with Gasteiger partial charge in [-0.1, -0.05) is 13.3 Å². The molecule has 2 N–H and O–H groups in total. The Kier molecular flexibility index (Phi) is 6.88. The Morgan fingerprint density at radius 3 is 2.71 bits per heavy atom. The molecule has 0 bridgehead atoms.